The fourth-order valence-electron chi connectivity index (χ4n) is 9.38. The average molecular weight is 375 g/mol. The van der Waals surface area contributed by atoms with Crippen LogP contribution in [0.2, 0.25) is 0 Å². The van der Waals surface area contributed by atoms with Gasteiger partial charge in [0.1, 0.15) is 0 Å². The van der Waals surface area contributed by atoms with Crippen LogP contribution >= 0.6 is 0 Å². The minimum absolute atomic E-state index is 0.611. The summed E-state index contributed by atoms with van der Waals surface area (Å²) in [6, 6.07) is 0. The Morgan fingerprint density at radius 1 is 0.889 bits per heavy atom. The molecule has 4 fully saturated rings. The van der Waals surface area contributed by atoms with Crippen molar-refractivity contribution in [3.63, 3.8) is 0 Å². The Kier molecular flexibility index (Phi) is 5.74. The first-order chi connectivity index (χ1) is 13.0. The van der Waals surface area contributed by atoms with E-state index in [0.717, 1.165) is 48.0 Å². The van der Waals surface area contributed by atoms with E-state index >= 15 is 0 Å². The second-order valence-corrected chi connectivity index (χ2v) is 11.6. The van der Waals surface area contributed by atoms with Crippen molar-refractivity contribution in [2.24, 2.45) is 52.3 Å². The molecule has 0 N–H and O–H groups in total. The van der Waals surface area contributed by atoms with Crippen LogP contribution in [0.3, 0.4) is 0 Å². The van der Waals surface area contributed by atoms with Gasteiger partial charge in [0.05, 0.1) is 0 Å². The molecule has 0 saturated heterocycles. The molecule has 0 aromatic heterocycles. The van der Waals surface area contributed by atoms with E-state index in [0.29, 0.717) is 10.8 Å². The van der Waals surface area contributed by atoms with E-state index in [-0.39, 0.29) is 0 Å². The summed E-state index contributed by atoms with van der Waals surface area (Å²) in [7, 11) is 1.89. The van der Waals surface area contributed by atoms with Gasteiger partial charge in [0.25, 0.3) is 0 Å². The number of fused-ring (bicyclic) bond motifs is 5. The lowest BCUT2D eigenvalue weighted by atomic mass is 9.44. The van der Waals surface area contributed by atoms with Crippen molar-refractivity contribution in [3.05, 3.63) is 0 Å². The molecule has 4 aliphatic carbocycles. The van der Waals surface area contributed by atoms with Crippen LogP contribution in [0, 0.1) is 52.3 Å². The van der Waals surface area contributed by atoms with E-state index in [4.69, 9.17) is 4.74 Å². The maximum atomic E-state index is 5.60. The second kappa shape index (κ2) is 7.66. The van der Waals surface area contributed by atoms with Crippen LogP contribution in [0.1, 0.15) is 98.3 Å². The number of methoxy groups -OCH3 is 1. The number of ether oxygens (including phenoxy) is 1. The molecule has 0 aromatic carbocycles. The zero-order valence-electron chi connectivity index (χ0n) is 18.9. The van der Waals surface area contributed by atoms with Crippen molar-refractivity contribution in [1.29, 1.82) is 0 Å². The fourth-order valence-corrected chi connectivity index (χ4v) is 9.38. The summed E-state index contributed by atoms with van der Waals surface area (Å²) in [4.78, 5) is 0. The Hall–Kier alpha value is -0.0400. The Balaban J connectivity index is 1.54. The van der Waals surface area contributed by atoms with Gasteiger partial charge in [-0.2, -0.15) is 0 Å². The summed E-state index contributed by atoms with van der Waals surface area (Å²) in [6.07, 6.45) is 16.5. The lowest BCUT2D eigenvalue weighted by Gasteiger charge is -2.61. The first kappa shape index (κ1) is 20.2. The van der Waals surface area contributed by atoms with E-state index in [9.17, 15) is 0 Å². The van der Waals surface area contributed by atoms with Crippen molar-refractivity contribution >= 4 is 0 Å². The highest BCUT2D eigenvalue weighted by atomic mass is 16.5. The molecule has 4 aliphatic rings. The monoisotopic (exact) mass is 374 g/mol. The summed E-state index contributed by atoms with van der Waals surface area (Å²) >= 11 is 0. The van der Waals surface area contributed by atoms with Crippen LogP contribution in [0.5, 0.6) is 0 Å². The molecule has 0 spiro atoms. The lowest BCUT2D eigenvalue weighted by Crippen LogP contribution is -2.53. The number of rotatable bonds is 5. The molecule has 1 nitrogen and oxygen atoms in total. The molecule has 27 heavy (non-hydrogen) atoms. The smallest absolute Gasteiger partial charge is 0.0493 e. The van der Waals surface area contributed by atoms with Crippen LogP contribution in [-0.4, -0.2) is 13.7 Å². The largest absolute Gasteiger partial charge is 0.384 e. The molecule has 2 unspecified atom stereocenters. The Morgan fingerprint density at radius 3 is 2.41 bits per heavy atom. The molecule has 0 radical (unpaired) electrons. The normalized spacial score (nSPS) is 49.0. The molecule has 4 saturated carbocycles. The zero-order chi connectivity index (χ0) is 19.2. The summed E-state index contributed by atoms with van der Waals surface area (Å²) < 4.78 is 5.60. The molecule has 0 aliphatic heterocycles. The molecular weight excluding hydrogens is 328 g/mol. The first-order valence-electron chi connectivity index (χ1n) is 12.4. The van der Waals surface area contributed by atoms with E-state index in [1.165, 1.54) is 57.8 Å². The highest BCUT2D eigenvalue weighted by molar-refractivity contribution is 5.09. The van der Waals surface area contributed by atoms with Gasteiger partial charge in [-0.15, -0.1) is 0 Å². The van der Waals surface area contributed by atoms with Crippen molar-refractivity contribution in [2.45, 2.75) is 98.3 Å². The molecule has 9 atom stereocenters. The van der Waals surface area contributed by atoms with Gasteiger partial charge in [-0.05, 0) is 104 Å². The van der Waals surface area contributed by atoms with Gasteiger partial charge < -0.3 is 4.74 Å². The Labute approximate surface area is 169 Å². The molecular formula is C26H46O. The molecule has 156 valence electrons. The minimum atomic E-state index is 0.611. The summed E-state index contributed by atoms with van der Waals surface area (Å²) in [5.74, 6) is 6.67. The predicted octanol–water partition coefficient (Wildman–Crippen LogP) is 7.34. The van der Waals surface area contributed by atoms with Gasteiger partial charge in [-0.25, -0.2) is 0 Å². The molecule has 0 amide bonds. The van der Waals surface area contributed by atoms with Gasteiger partial charge in [0.15, 0.2) is 0 Å². The number of hydrogen-bond acceptors (Lipinski definition) is 1. The SMILES string of the molecule is CCC(COC)[C@@H](C)[C@H]1CC[C@H]2[C@@H]3CCC4CCCC[C@]4(C)[C@H]3CC[C@]12C. The molecule has 0 aromatic rings. The van der Waals surface area contributed by atoms with Crippen molar-refractivity contribution in [3.8, 4) is 0 Å². The van der Waals surface area contributed by atoms with Crippen LogP contribution < -0.4 is 0 Å². The third-order valence-electron chi connectivity index (χ3n) is 10.9. The zero-order valence-corrected chi connectivity index (χ0v) is 18.9. The standard InChI is InChI=1S/C26H46O/c1-6-19(17-27-5)18(2)22-12-13-23-21-11-10-20-9-7-8-15-25(20,3)24(21)14-16-26(22,23)4/h18-24H,6-17H2,1-5H3/t18-,19?,20?,21+,22-,23+,24+,25+,26-/m1/s1. The van der Waals surface area contributed by atoms with Crippen LogP contribution in [-0.2, 0) is 4.74 Å². The van der Waals surface area contributed by atoms with Gasteiger partial charge in [-0.1, -0.05) is 47.0 Å². The van der Waals surface area contributed by atoms with Crippen LogP contribution in [0.15, 0.2) is 0 Å². The molecule has 4 rings (SSSR count). The average Bonchev–Trinajstić information content (AvgIpc) is 3.02. The van der Waals surface area contributed by atoms with E-state index in [1.807, 2.05) is 7.11 Å². The molecule has 0 bridgehead atoms. The Morgan fingerprint density at radius 2 is 1.67 bits per heavy atom. The lowest BCUT2D eigenvalue weighted by molar-refractivity contribution is -0.116. The predicted molar refractivity (Wildman–Crippen MR) is 115 cm³/mol. The van der Waals surface area contributed by atoms with Crippen LogP contribution in [0.4, 0.5) is 0 Å². The molecule has 0 heterocycles. The van der Waals surface area contributed by atoms with Crippen molar-refractivity contribution in [1.82, 2.24) is 0 Å². The van der Waals surface area contributed by atoms with E-state index in [2.05, 4.69) is 27.7 Å². The highest BCUT2D eigenvalue weighted by Crippen LogP contribution is 2.68. The van der Waals surface area contributed by atoms with Gasteiger partial charge in [-0.3, -0.25) is 0 Å². The summed E-state index contributed by atoms with van der Waals surface area (Å²) in [6.45, 7) is 11.3. The van der Waals surface area contributed by atoms with Gasteiger partial charge >= 0.3 is 0 Å². The highest BCUT2D eigenvalue weighted by Gasteiger charge is 2.60. The van der Waals surface area contributed by atoms with Crippen LogP contribution in [0.25, 0.3) is 0 Å². The topological polar surface area (TPSA) is 9.23 Å². The van der Waals surface area contributed by atoms with Gasteiger partial charge in [0, 0.05) is 13.7 Å². The minimum Gasteiger partial charge on any atom is -0.384 e. The fraction of sp³-hybridized carbons (Fsp3) is 1.00. The molecule has 1 heteroatoms. The third-order valence-corrected chi connectivity index (χ3v) is 10.9. The maximum absolute atomic E-state index is 5.60. The van der Waals surface area contributed by atoms with E-state index in [1.54, 1.807) is 12.8 Å². The summed E-state index contributed by atoms with van der Waals surface area (Å²) in [5, 5.41) is 0. The van der Waals surface area contributed by atoms with E-state index < -0.39 is 0 Å². The van der Waals surface area contributed by atoms with Crippen molar-refractivity contribution < 1.29 is 4.74 Å². The van der Waals surface area contributed by atoms with Gasteiger partial charge in [0.2, 0.25) is 0 Å². The summed E-state index contributed by atoms with van der Waals surface area (Å²) in [5.41, 5.74) is 1.30. The quantitative estimate of drug-likeness (QED) is 0.489. The first-order valence-corrected chi connectivity index (χ1v) is 12.4. The second-order valence-electron chi connectivity index (χ2n) is 11.6. The Bertz CT molecular complexity index is 514. The third kappa shape index (κ3) is 3.13. The maximum Gasteiger partial charge on any atom is 0.0493 e. The number of hydrogen-bond donors (Lipinski definition) is 0. The van der Waals surface area contributed by atoms with Crippen molar-refractivity contribution in [2.75, 3.05) is 13.7 Å².